The second kappa shape index (κ2) is 6.37. The second-order valence-electron chi connectivity index (χ2n) is 7.11. The quantitative estimate of drug-likeness (QED) is 0.764. The molecule has 9 heteroatoms. The van der Waals surface area contributed by atoms with Gasteiger partial charge >= 0.3 is 0 Å². The van der Waals surface area contributed by atoms with Gasteiger partial charge in [-0.1, -0.05) is 5.16 Å². The highest BCUT2D eigenvalue weighted by Crippen LogP contribution is 2.30. The van der Waals surface area contributed by atoms with Crippen molar-refractivity contribution in [1.82, 2.24) is 15.0 Å². The number of β-amino-alcohol motifs (C(OH)–C–C–N with tert-alkyl or cyclic N) is 1. The second-order valence-corrected chi connectivity index (χ2v) is 9.26. The molecule has 1 N–H and O–H groups in total. The molecule has 0 aromatic carbocycles. The minimum atomic E-state index is -3.19. The summed E-state index contributed by atoms with van der Waals surface area (Å²) in [5.41, 5.74) is 1.25. The number of carbonyl (C=O) groups is 1. The van der Waals surface area contributed by atoms with Crippen molar-refractivity contribution in [3.05, 3.63) is 17.0 Å². The first-order chi connectivity index (χ1) is 12.0. The summed E-state index contributed by atoms with van der Waals surface area (Å²) in [5.74, 6) is 0.593. The number of amides is 1. The van der Waals surface area contributed by atoms with E-state index in [1.165, 1.54) is 0 Å². The molecule has 0 unspecified atom stereocenters. The van der Waals surface area contributed by atoms with Crippen LogP contribution in [-0.2, 0) is 22.7 Å². The van der Waals surface area contributed by atoms with E-state index < -0.39 is 9.84 Å². The monoisotopic (exact) mass is 369 g/mol. The van der Waals surface area contributed by atoms with Crippen LogP contribution >= 0.6 is 0 Å². The molecular weight excluding hydrogens is 346 g/mol. The lowest BCUT2D eigenvalue weighted by Crippen LogP contribution is -2.61. The van der Waals surface area contributed by atoms with Crippen molar-refractivity contribution >= 4 is 15.7 Å². The van der Waals surface area contributed by atoms with Crippen LogP contribution in [0.2, 0.25) is 0 Å². The maximum atomic E-state index is 13.1. The summed E-state index contributed by atoms with van der Waals surface area (Å²) in [5, 5.41) is 13.2. The van der Waals surface area contributed by atoms with Gasteiger partial charge in [0.25, 0.3) is 5.91 Å². The molecule has 0 bridgehead atoms. The predicted molar refractivity (Wildman–Crippen MR) is 89.1 cm³/mol. The number of aliphatic hydroxyl groups excluding tert-OH is 1. The Morgan fingerprint density at radius 2 is 1.96 bits per heavy atom. The van der Waals surface area contributed by atoms with Gasteiger partial charge in [-0.2, -0.15) is 0 Å². The fourth-order valence-electron chi connectivity index (χ4n) is 4.37. The number of carbonyl (C=O) groups excluding carboxylic acids is 1. The summed E-state index contributed by atoms with van der Waals surface area (Å²) in [6, 6.07) is -0.633. The van der Waals surface area contributed by atoms with Crippen molar-refractivity contribution in [2.24, 2.45) is 0 Å². The molecule has 25 heavy (non-hydrogen) atoms. The van der Waals surface area contributed by atoms with Crippen LogP contribution in [0.1, 0.15) is 34.7 Å². The van der Waals surface area contributed by atoms with E-state index in [0.717, 1.165) is 37.0 Å². The summed E-state index contributed by atoms with van der Waals surface area (Å²) >= 11 is 0. The number of aryl methyl sites for hydroxylation is 1. The summed E-state index contributed by atoms with van der Waals surface area (Å²) in [6.45, 7) is 1.41. The molecule has 2 fully saturated rings. The summed E-state index contributed by atoms with van der Waals surface area (Å²) in [4.78, 5) is 16.7. The zero-order chi connectivity index (χ0) is 17.6. The maximum absolute atomic E-state index is 13.1. The van der Waals surface area contributed by atoms with Gasteiger partial charge in [-0.05, 0) is 19.3 Å². The van der Waals surface area contributed by atoms with Crippen molar-refractivity contribution in [2.45, 2.75) is 37.8 Å². The Kier molecular flexibility index (Phi) is 4.33. The normalized spacial score (nSPS) is 28.6. The van der Waals surface area contributed by atoms with Crippen LogP contribution in [0.4, 0.5) is 0 Å². The van der Waals surface area contributed by atoms with E-state index in [4.69, 9.17) is 4.52 Å². The van der Waals surface area contributed by atoms with Crippen LogP contribution in [-0.4, -0.2) is 84.2 Å². The van der Waals surface area contributed by atoms with Gasteiger partial charge < -0.3 is 14.5 Å². The molecule has 1 amide bonds. The molecule has 4 rings (SSSR count). The highest BCUT2D eigenvalue weighted by atomic mass is 32.2. The van der Waals surface area contributed by atoms with Crippen LogP contribution in [0, 0.1) is 0 Å². The van der Waals surface area contributed by atoms with E-state index in [-0.39, 0.29) is 36.1 Å². The van der Waals surface area contributed by atoms with Crippen LogP contribution in [0.15, 0.2) is 4.52 Å². The Morgan fingerprint density at radius 3 is 2.76 bits per heavy atom. The molecule has 8 nitrogen and oxygen atoms in total. The van der Waals surface area contributed by atoms with Gasteiger partial charge in [0.1, 0.15) is 5.76 Å². The van der Waals surface area contributed by atoms with Gasteiger partial charge in [-0.3, -0.25) is 9.69 Å². The van der Waals surface area contributed by atoms with E-state index >= 15 is 0 Å². The zero-order valence-electron chi connectivity index (χ0n) is 14.1. The van der Waals surface area contributed by atoms with Gasteiger partial charge in [-0.15, -0.1) is 0 Å². The number of piperazine rings is 1. The first kappa shape index (κ1) is 17.0. The first-order valence-corrected chi connectivity index (χ1v) is 10.7. The molecule has 2 aliphatic heterocycles. The Balaban J connectivity index is 1.62. The van der Waals surface area contributed by atoms with Gasteiger partial charge in [-0.25, -0.2) is 8.42 Å². The molecule has 1 aromatic rings. The molecule has 3 heterocycles. The van der Waals surface area contributed by atoms with Crippen LogP contribution in [0.3, 0.4) is 0 Å². The maximum Gasteiger partial charge on any atom is 0.276 e. The van der Waals surface area contributed by atoms with Crippen molar-refractivity contribution in [3.8, 4) is 0 Å². The third-order valence-corrected chi connectivity index (χ3v) is 7.29. The van der Waals surface area contributed by atoms with Gasteiger partial charge in [0.15, 0.2) is 15.5 Å². The molecular formula is C16H23N3O5S. The molecule has 0 spiro atoms. The van der Waals surface area contributed by atoms with Crippen molar-refractivity contribution in [1.29, 1.82) is 0 Å². The Labute approximate surface area is 146 Å². The number of sulfone groups is 1. The summed E-state index contributed by atoms with van der Waals surface area (Å²) in [7, 11) is -3.19. The predicted octanol–water partition coefficient (Wildman–Crippen LogP) is -0.531. The fourth-order valence-corrected chi connectivity index (χ4v) is 6.38. The number of nitrogens with zero attached hydrogens (tertiary/aromatic N) is 3. The topological polar surface area (TPSA) is 104 Å². The number of aliphatic hydroxyl groups is 1. The zero-order valence-corrected chi connectivity index (χ0v) is 14.9. The van der Waals surface area contributed by atoms with Crippen molar-refractivity contribution < 1.29 is 22.8 Å². The fraction of sp³-hybridized carbons (Fsp3) is 0.750. The lowest BCUT2D eigenvalue weighted by atomic mass is 9.95. The van der Waals surface area contributed by atoms with E-state index in [1.54, 1.807) is 4.90 Å². The molecule has 1 aliphatic carbocycles. The third kappa shape index (κ3) is 2.98. The lowest BCUT2D eigenvalue weighted by Gasteiger charge is -2.43. The highest BCUT2D eigenvalue weighted by molar-refractivity contribution is 7.91. The number of hydrogen-bond donors (Lipinski definition) is 1. The minimum absolute atomic E-state index is 0.0198. The van der Waals surface area contributed by atoms with Gasteiger partial charge in [0, 0.05) is 37.7 Å². The molecule has 2 atom stereocenters. The Bertz CT molecular complexity index is 775. The average Bonchev–Trinajstić information content (AvgIpc) is 3.15. The first-order valence-electron chi connectivity index (χ1n) is 8.84. The van der Waals surface area contributed by atoms with Crippen LogP contribution in [0.5, 0.6) is 0 Å². The van der Waals surface area contributed by atoms with E-state index in [1.807, 2.05) is 4.90 Å². The molecule has 0 radical (unpaired) electrons. The lowest BCUT2D eigenvalue weighted by molar-refractivity contribution is 0.0273. The van der Waals surface area contributed by atoms with E-state index in [2.05, 4.69) is 5.16 Å². The summed E-state index contributed by atoms with van der Waals surface area (Å²) in [6.07, 6.45) is 3.65. The number of hydrogen-bond acceptors (Lipinski definition) is 7. The Hall–Kier alpha value is -1.45. The molecule has 138 valence electrons. The molecule has 2 saturated heterocycles. The van der Waals surface area contributed by atoms with Gasteiger partial charge in [0.2, 0.25) is 0 Å². The van der Waals surface area contributed by atoms with Gasteiger partial charge in [0.05, 0.1) is 24.2 Å². The average molecular weight is 369 g/mol. The number of rotatable bonds is 3. The van der Waals surface area contributed by atoms with Crippen LogP contribution in [0.25, 0.3) is 0 Å². The highest BCUT2D eigenvalue weighted by Gasteiger charge is 2.48. The van der Waals surface area contributed by atoms with E-state index in [9.17, 15) is 18.3 Å². The van der Waals surface area contributed by atoms with Crippen molar-refractivity contribution in [2.75, 3.05) is 37.7 Å². The van der Waals surface area contributed by atoms with Crippen LogP contribution < -0.4 is 0 Å². The van der Waals surface area contributed by atoms with Crippen molar-refractivity contribution in [3.63, 3.8) is 0 Å². The third-order valence-electron chi connectivity index (χ3n) is 5.59. The van der Waals surface area contributed by atoms with E-state index in [0.29, 0.717) is 25.3 Å². The Morgan fingerprint density at radius 1 is 1.20 bits per heavy atom. The molecule has 3 aliphatic rings. The molecule has 1 aromatic heterocycles. The smallest absolute Gasteiger partial charge is 0.276 e. The largest absolute Gasteiger partial charge is 0.395 e. The SMILES string of the molecule is O=C(c1noc2c1CCCC2)N1CCN(CCO)[C@H]2CS(=O)(=O)C[C@H]21. The minimum Gasteiger partial charge on any atom is -0.395 e. The standard InChI is InChI=1S/C16H23N3O5S/c20-8-7-18-5-6-19(13-10-25(22,23)9-12(13)18)16(21)15-11-3-1-2-4-14(11)24-17-15/h12-13,20H,1-10H2/t12-,13+/m0/s1. The number of aromatic nitrogens is 1. The summed E-state index contributed by atoms with van der Waals surface area (Å²) < 4.78 is 29.7. The number of fused-ring (bicyclic) bond motifs is 2. The molecule has 0 saturated carbocycles.